The first-order valence-corrected chi connectivity index (χ1v) is 6.10. The second kappa shape index (κ2) is 4.21. The summed E-state index contributed by atoms with van der Waals surface area (Å²) in [5.41, 5.74) is 0.781. The molecular weight excluding hydrogens is 210 g/mol. The molecule has 1 fully saturated rings. The smallest absolute Gasteiger partial charge is 0.251 e. The van der Waals surface area contributed by atoms with Crippen LogP contribution in [0.2, 0.25) is 0 Å². The van der Waals surface area contributed by atoms with E-state index in [1.807, 2.05) is 42.5 Å². The van der Waals surface area contributed by atoms with E-state index in [2.05, 4.69) is 5.32 Å². The zero-order chi connectivity index (χ0) is 11.7. The molecule has 2 aromatic rings. The molecule has 0 spiro atoms. The molecule has 1 aliphatic carbocycles. The summed E-state index contributed by atoms with van der Waals surface area (Å²) in [5.74, 6) is 0.766. The maximum absolute atomic E-state index is 12.1. The van der Waals surface area contributed by atoms with Crippen molar-refractivity contribution in [3.8, 4) is 0 Å². The van der Waals surface area contributed by atoms with Crippen molar-refractivity contribution in [2.75, 3.05) is 6.54 Å². The molecule has 17 heavy (non-hydrogen) atoms. The predicted molar refractivity (Wildman–Crippen MR) is 69.0 cm³/mol. The van der Waals surface area contributed by atoms with Gasteiger partial charge in [0.2, 0.25) is 0 Å². The average molecular weight is 225 g/mol. The summed E-state index contributed by atoms with van der Waals surface area (Å²) in [6.07, 6.45) is 2.52. The van der Waals surface area contributed by atoms with E-state index in [0.717, 1.165) is 22.9 Å². The van der Waals surface area contributed by atoms with Crippen LogP contribution in [-0.2, 0) is 0 Å². The fraction of sp³-hybridized carbons (Fsp3) is 0.267. The van der Waals surface area contributed by atoms with Gasteiger partial charge >= 0.3 is 0 Å². The van der Waals surface area contributed by atoms with Crippen molar-refractivity contribution in [2.24, 2.45) is 5.92 Å². The van der Waals surface area contributed by atoms with Gasteiger partial charge in [0.05, 0.1) is 0 Å². The number of nitrogens with one attached hydrogen (secondary N) is 1. The van der Waals surface area contributed by atoms with Crippen molar-refractivity contribution in [3.05, 3.63) is 48.0 Å². The Morgan fingerprint density at radius 1 is 1.12 bits per heavy atom. The lowest BCUT2D eigenvalue weighted by molar-refractivity contribution is 0.0953. The molecule has 0 atom stereocenters. The number of benzene rings is 2. The van der Waals surface area contributed by atoms with Crippen molar-refractivity contribution in [1.82, 2.24) is 5.32 Å². The Morgan fingerprint density at radius 3 is 2.71 bits per heavy atom. The number of hydrogen-bond acceptors (Lipinski definition) is 1. The zero-order valence-electron chi connectivity index (χ0n) is 9.65. The molecular formula is C15H15NO. The van der Waals surface area contributed by atoms with Crippen molar-refractivity contribution >= 4 is 16.7 Å². The zero-order valence-corrected chi connectivity index (χ0v) is 9.65. The Bertz CT molecular complexity index is 552. The van der Waals surface area contributed by atoms with E-state index in [-0.39, 0.29) is 5.91 Å². The Kier molecular flexibility index (Phi) is 2.56. The lowest BCUT2D eigenvalue weighted by atomic mass is 10.0. The van der Waals surface area contributed by atoms with Crippen molar-refractivity contribution in [2.45, 2.75) is 12.8 Å². The van der Waals surface area contributed by atoms with E-state index in [1.54, 1.807) is 0 Å². The summed E-state index contributed by atoms with van der Waals surface area (Å²) in [6, 6.07) is 13.9. The monoisotopic (exact) mass is 225 g/mol. The number of fused-ring (bicyclic) bond motifs is 1. The van der Waals surface area contributed by atoms with Gasteiger partial charge in [0.1, 0.15) is 0 Å². The molecule has 1 amide bonds. The molecule has 2 nitrogen and oxygen atoms in total. The minimum atomic E-state index is 0.0497. The molecule has 0 saturated heterocycles. The Hall–Kier alpha value is -1.83. The van der Waals surface area contributed by atoms with Gasteiger partial charge in [-0.1, -0.05) is 36.4 Å². The minimum absolute atomic E-state index is 0.0497. The standard InChI is InChI=1S/C15H15NO/c17-15(16-10-11-8-9-11)14-7-3-5-12-4-1-2-6-13(12)14/h1-7,11H,8-10H2,(H,16,17). The summed E-state index contributed by atoms with van der Waals surface area (Å²) in [7, 11) is 0. The molecule has 3 rings (SSSR count). The number of rotatable bonds is 3. The Morgan fingerprint density at radius 2 is 1.88 bits per heavy atom. The molecule has 86 valence electrons. The van der Waals surface area contributed by atoms with Crippen LogP contribution in [0.15, 0.2) is 42.5 Å². The van der Waals surface area contributed by atoms with Crippen molar-refractivity contribution in [3.63, 3.8) is 0 Å². The second-order valence-corrected chi connectivity index (χ2v) is 4.68. The second-order valence-electron chi connectivity index (χ2n) is 4.68. The van der Waals surface area contributed by atoms with Crippen LogP contribution >= 0.6 is 0 Å². The van der Waals surface area contributed by atoms with Crippen LogP contribution < -0.4 is 5.32 Å². The fourth-order valence-corrected chi connectivity index (χ4v) is 2.08. The summed E-state index contributed by atoms with van der Waals surface area (Å²) in [6.45, 7) is 0.821. The molecule has 0 bridgehead atoms. The summed E-state index contributed by atoms with van der Waals surface area (Å²) < 4.78 is 0. The first-order valence-electron chi connectivity index (χ1n) is 6.10. The topological polar surface area (TPSA) is 29.1 Å². The quantitative estimate of drug-likeness (QED) is 0.854. The van der Waals surface area contributed by atoms with E-state index in [1.165, 1.54) is 12.8 Å². The molecule has 0 aliphatic heterocycles. The number of hydrogen-bond donors (Lipinski definition) is 1. The first kappa shape index (κ1) is 10.3. The lowest BCUT2D eigenvalue weighted by Crippen LogP contribution is -2.25. The van der Waals surface area contributed by atoms with E-state index >= 15 is 0 Å². The summed E-state index contributed by atoms with van der Waals surface area (Å²) in [5, 5.41) is 5.16. The average Bonchev–Trinajstić information content (AvgIpc) is 3.19. The molecule has 1 saturated carbocycles. The van der Waals surface area contributed by atoms with Gasteiger partial charge in [0.25, 0.3) is 5.91 Å². The van der Waals surface area contributed by atoms with Gasteiger partial charge in [-0.2, -0.15) is 0 Å². The Balaban J connectivity index is 1.89. The molecule has 0 radical (unpaired) electrons. The Labute approximate surface area is 101 Å². The molecule has 1 N–H and O–H groups in total. The number of amides is 1. The molecule has 0 aromatic heterocycles. The van der Waals surface area contributed by atoms with Crippen molar-refractivity contribution in [1.29, 1.82) is 0 Å². The summed E-state index contributed by atoms with van der Waals surface area (Å²) in [4.78, 5) is 12.1. The maximum atomic E-state index is 12.1. The van der Waals surface area contributed by atoms with Gasteiger partial charge in [-0.15, -0.1) is 0 Å². The molecule has 2 aromatic carbocycles. The van der Waals surface area contributed by atoms with Gasteiger partial charge in [-0.25, -0.2) is 0 Å². The van der Waals surface area contributed by atoms with Crippen LogP contribution in [0.3, 0.4) is 0 Å². The molecule has 2 heteroatoms. The normalized spacial score (nSPS) is 14.8. The van der Waals surface area contributed by atoms with E-state index < -0.39 is 0 Å². The highest BCUT2D eigenvalue weighted by atomic mass is 16.1. The summed E-state index contributed by atoms with van der Waals surface area (Å²) >= 11 is 0. The molecule has 1 aliphatic rings. The third kappa shape index (κ3) is 2.16. The van der Waals surface area contributed by atoms with Crippen LogP contribution in [0.25, 0.3) is 10.8 Å². The number of carbonyl (C=O) groups excluding carboxylic acids is 1. The van der Waals surface area contributed by atoms with E-state index in [4.69, 9.17) is 0 Å². The third-order valence-electron chi connectivity index (χ3n) is 3.28. The van der Waals surface area contributed by atoms with E-state index in [0.29, 0.717) is 5.92 Å². The van der Waals surface area contributed by atoms with Crippen LogP contribution in [0, 0.1) is 5.92 Å². The highest BCUT2D eigenvalue weighted by Gasteiger charge is 2.22. The van der Waals surface area contributed by atoms with Crippen LogP contribution in [0.5, 0.6) is 0 Å². The highest BCUT2D eigenvalue weighted by molar-refractivity contribution is 6.06. The predicted octanol–water partition coefficient (Wildman–Crippen LogP) is 2.98. The largest absolute Gasteiger partial charge is 0.352 e. The fourth-order valence-electron chi connectivity index (χ4n) is 2.08. The van der Waals surface area contributed by atoms with E-state index in [9.17, 15) is 4.79 Å². The van der Waals surface area contributed by atoms with Gasteiger partial charge < -0.3 is 5.32 Å². The highest BCUT2D eigenvalue weighted by Crippen LogP contribution is 2.27. The van der Waals surface area contributed by atoms with Gasteiger partial charge in [-0.05, 0) is 35.6 Å². The van der Waals surface area contributed by atoms with Gasteiger partial charge in [0.15, 0.2) is 0 Å². The lowest BCUT2D eigenvalue weighted by Gasteiger charge is -2.07. The van der Waals surface area contributed by atoms with Crippen LogP contribution in [0.1, 0.15) is 23.2 Å². The van der Waals surface area contributed by atoms with Crippen LogP contribution in [0.4, 0.5) is 0 Å². The molecule has 0 heterocycles. The third-order valence-corrected chi connectivity index (χ3v) is 3.28. The number of carbonyl (C=O) groups is 1. The van der Waals surface area contributed by atoms with Crippen LogP contribution in [-0.4, -0.2) is 12.5 Å². The maximum Gasteiger partial charge on any atom is 0.251 e. The van der Waals surface area contributed by atoms with Gasteiger partial charge in [-0.3, -0.25) is 4.79 Å². The molecule has 0 unspecified atom stereocenters. The first-order chi connectivity index (χ1) is 8.34. The minimum Gasteiger partial charge on any atom is -0.352 e. The SMILES string of the molecule is O=C(NCC1CC1)c1cccc2ccccc12. The van der Waals surface area contributed by atoms with Crippen molar-refractivity contribution < 1.29 is 4.79 Å². The van der Waals surface area contributed by atoms with Gasteiger partial charge in [0, 0.05) is 12.1 Å².